The number of anilines is 1. The van der Waals surface area contributed by atoms with Crippen molar-refractivity contribution in [3.8, 4) is 0 Å². The lowest BCUT2D eigenvalue weighted by Crippen LogP contribution is -2.37. The molecule has 8 heteroatoms. The molecule has 0 atom stereocenters. The number of aliphatic imine (C=N–C) groups is 1. The normalized spacial score (nSPS) is 10.9. The molecule has 0 aliphatic heterocycles. The van der Waals surface area contributed by atoms with Gasteiger partial charge in [-0.25, -0.2) is 9.98 Å². The first-order valence-corrected chi connectivity index (χ1v) is 7.71. The number of guanidine groups is 1. The van der Waals surface area contributed by atoms with Crippen LogP contribution in [0.1, 0.15) is 18.3 Å². The number of nitrogens with zero attached hydrogens (tertiary/aromatic N) is 5. The summed E-state index contributed by atoms with van der Waals surface area (Å²) in [4.78, 5) is 10.9. The molecule has 2 aromatic rings. The average molecular weight is 443 g/mol. The lowest BCUT2D eigenvalue weighted by Gasteiger charge is -2.13. The van der Waals surface area contributed by atoms with E-state index in [-0.39, 0.29) is 24.0 Å². The van der Waals surface area contributed by atoms with Gasteiger partial charge in [0, 0.05) is 33.4 Å². The van der Waals surface area contributed by atoms with E-state index in [1.807, 2.05) is 28.1 Å². The zero-order chi connectivity index (χ0) is 16.7. The Bertz CT molecular complexity index is 634. The fourth-order valence-corrected chi connectivity index (χ4v) is 2.05. The molecule has 2 N–H and O–H groups in total. The molecule has 132 valence electrons. The highest BCUT2D eigenvalue weighted by Gasteiger charge is 2.03. The first-order chi connectivity index (χ1) is 11.1. The van der Waals surface area contributed by atoms with E-state index >= 15 is 0 Å². The molecule has 0 aliphatic carbocycles. The number of hydrogen-bond donors (Lipinski definition) is 2. The van der Waals surface area contributed by atoms with Gasteiger partial charge in [0.05, 0.1) is 13.1 Å². The number of nitrogens with one attached hydrogen (secondary N) is 2. The third-order valence-corrected chi connectivity index (χ3v) is 3.44. The molecule has 7 nitrogen and oxygen atoms in total. The first kappa shape index (κ1) is 20.2. The molecule has 0 amide bonds. The predicted octanol–water partition coefficient (Wildman–Crippen LogP) is 1.75. The molecule has 0 spiro atoms. The van der Waals surface area contributed by atoms with Crippen molar-refractivity contribution in [2.75, 3.05) is 25.5 Å². The number of halogens is 1. The van der Waals surface area contributed by atoms with Crippen LogP contribution in [0.25, 0.3) is 0 Å². The van der Waals surface area contributed by atoms with Gasteiger partial charge in [0.2, 0.25) is 0 Å². The molecular formula is C16H26IN7. The van der Waals surface area contributed by atoms with E-state index < -0.39 is 0 Å². The van der Waals surface area contributed by atoms with Crippen molar-refractivity contribution in [2.24, 2.45) is 12.0 Å². The van der Waals surface area contributed by atoms with E-state index in [9.17, 15) is 0 Å². The van der Waals surface area contributed by atoms with E-state index in [0.717, 1.165) is 18.3 Å². The van der Waals surface area contributed by atoms with Crippen LogP contribution < -0.4 is 15.5 Å². The summed E-state index contributed by atoms with van der Waals surface area (Å²) in [5.41, 5.74) is 2.36. The van der Waals surface area contributed by atoms with Gasteiger partial charge in [-0.05, 0) is 24.6 Å². The summed E-state index contributed by atoms with van der Waals surface area (Å²) < 4.78 is 1.75. The van der Waals surface area contributed by atoms with Gasteiger partial charge < -0.3 is 15.5 Å². The Labute approximate surface area is 160 Å². The molecule has 1 aromatic heterocycles. The molecule has 1 heterocycles. The van der Waals surface area contributed by atoms with Gasteiger partial charge in [0.25, 0.3) is 0 Å². The molecule has 1 aromatic carbocycles. The second-order valence-corrected chi connectivity index (χ2v) is 5.41. The summed E-state index contributed by atoms with van der Waals surface area (Å²) in [7, 11) is 5.94. The van der Waals surface area contributed by atoms with Gasteiger partial charge in [0.1, 0.15) is 12.2 Å². The third-order valence-electron chi connectivity index (χ3n) is 3.44. The highest BCUT2D eigenvalue weighted by molar-refractivity contribution is 14.0. The van der Waals surface area contributed by atoms with Crippen LogP contribution in [0, 0.1) is 0 Å². The van der Waals surface area contributed by atoms with Gasteiger partial charge >= 0.3 is 0 Å². The number of benzene rings is 1. The number of aryl methyl sites for hydroxylation is 1. The molecule has 0 aliphatic rings. The minimum atomic E-state index is 0. The quantitative estimate of drug-likeness (QED) is 0.405. The Hall–Kier alpha value is -1.84. The second-order valence-electron chi connectivity index (χ2n) is 5.41. The van der Waals surface area contributed by atoms with Gasteiger partial charge in [-0.2, -0.15) is 5.10 Å². The highest BCUT2D eigenvalue weighted by Crippen LogP contribution is 2.12. The minimum absolute atomic E-state index is 0. The Morgan fingerprint density at radius 1 is 1.21 bits per heavy atom. The van der Waals surface area contributed by atoms with Crippen LogP contribution in [0.2, 0.25) is 0 Å². The van der Waals surface area contributed by atoms with Crippen molar-refractivity contribution >= 4 is 35.6 Å². The molecule has 0 saturated carbocycles. The van der Waals surface area contributed by atoms with Gasteiger partial charge in [-0.3, -0.25) is 4.68 Å². The van der Waals surface area contributed by atoms with Crippen molar-refractivity contribution < 1.29 is 0 Å². The maximum atomic E-state index is 4.61. The molecule has 0 fully saturated rings. The Kier molecular flexibility index (Phi) is 8.51. The molecule has 0 radical (unpaired) electrons. The van der Waals surface area contributed by atoms with Crippen LogP contribution in [0.5, 0.6) is 0 Å². The summed E-state index contributed by atoms with van der Waals surface area (Å²) in [6, 6.07) is 8.41. The fourth-order valence-electron chi connectivity index (χ4n) is 2.05. The largest absolute Gasteiger partial charge is 0.378 e. The maximum absolute atomic E-state index is 4.61. The van der Waals surface area contributed by atoms with Crippen molar-refractivity contribution in [1.29, 1.82) is 0 Å². The maximum Gasteiger partial charge on any atom is 0.191 e. The minimum Gasteiger partial charge on any atom is -0.378 e. The highest BCUT2D eigenvalue weighted by atomic mass is 127. The predicted molar refractivity (Wildman–Crippen MR) is 109 cm³/mol. The summed E-state index contributed by atoms with van der Waals surface area (Å²) in [6.07, 6.45) is 1.55. The number of hydrogen-bond acceptors (Lipinski definition) is 4. The summed E-state index contributed by atoms with van der Waals surface area (Å²) >= 11 is 0. The van der Waals surface area contributed by atoms with Crippen LogP contribution in [0.3, 0.4) is 0 Å². The van der Waals surface area contributed by atoms with Crippen molar-refractivity contribution in [2.45, 2.75) is 20.0 Å². The molecule has 0 bridgehead atoms. The number of aromatic nitrogens is 3. The van der Waals surface area contributed by atoms with Gasteiger partial charge in [-0.15, -0.1) is 24.0 Å². The van der Waals surface area contributed by atoms with Crippen LogP contribution >= 0.6 is 24.0 Å². The Balaban J connectivity index is 0.00000288. The van der Waals surface area contributed by atoms with Crippen molar-refractivity contribution in [3.63, 3.8) is 0 Å². The Morgan fingerprint density at radius 2 is 1.92 bits per heavy atom. The average Bonchev–Trinajstić information content (AvgIpc) is 2.95. The first-order valence-electron chi connectivity index (χ1n) is 7.71. The molecular weight excluding hydrogens is 417 g/mol. The van der Waals surface area contributed by atoms with Gasteiger partial charge in [-0.1, -0.05) is 12.1 Å². The Morgan fingerprint density at radius 3 is 2.46 bits per heavy atom. The third kappa shape index (κ3) is 5.99. The molecule has 0 saturated heterocycles. The van der Waals surface area contributed by atoms with Crippen LogP contribution in [-0.4, -0.2) is 41.4 Å². The monoisotopic (exact) mass is 443 g/mol. The summed E-state index contributed by atoms with van der Waals surface area (Å²) in [5.74, 6) is 1.64. The lowest BCUT2D eigenvalue weighted by molar-refractivity contribution is 0.673. The fraction of sp³-hybridized carbons (Fsp3) is 0.438. The van der Waals surface area contributed by atoms with Crippen LogP contribution in [0.4, 0.5) is 5.69 Å². The molecule has 2 rings (SSSR count). The van der Waals surface area contributed by atoms with E-state index in [2.05, 4.69) is 54.9 Å². The SMILES string of the molecule is CCNC(=NCc1ccc(N(C)C)cc1)NCc1ncnn1C.I. The van der Waals surface area contributed by atoms with E-state index in [4.69, 9.17) is 0 Å². The summed E-state index contributed by atoms with van der Waals surface area (Å²) in [5, 5.41) is 10.6. The van der Waals surface area contributed by atoms with Crippen LogP contribution in [-0.2, 0) is 20.1 Å². The smallest absolute Gasteiger partial charge is 0.191 e. The topological polar surface area (TPSA) is 70.4 Å². The van der Waals surface area contributed by atoms with Crippen LogP contribution in [0.15, 0.2) is 35.6 Å². The van der Waals surface area contributed by atoms with Crippen molar-refractivity contribution in [1.82, 2.24) is 25.4 Å². The zero-order valence-corrected chi connectivity index (χ0v) is 17.0. The standard InChI is InChI=1S/C16H25N7.HI/c1-5-17-16(19-11-15-20-12-21-23(15)4)18-10-13-6-8-14(9-7-13)22(2)3;/h6-9,12H,5,10-11H2,1-4H3,(H2,17,18,19);1H. The van der Waals surface area contributed by atoms with E-state index in [1.165, 1.54) is 11.3 Å². The molecule has 0 unspecified atom stereocenters. The van der Waals surface area contributed by atoms with E-state index in [1.54, 1.807) is 11.0 Å². The second kappa shape index (κ2) is 10.1. The summed E-state index contributed by atoms with van der Waals surface area (Å²) in [6.45, 7) is 4.07. The van der Waals surface area contributed by atoms with Crippen molar-refractivity contribution in [3.05, 3.63) is 42.0 Å². The lowest BCUT2D eigenvalue weighted by atomic mass is 10.2. The number of rotatable bonds is 6. The molecule has 24 heavy (non-hydrogen) atoms. The zero-order valence-electron chi connectivity index (χ0n) is 14.7. The van der Waals surface area contributed by atoms with E-state index in [0.29, 0.717) is 13.1 Å². The van der Waals surface area contributed by atoms with Gasteiger partial charge in [0.15, 0.2) is 5.96 Å².